The van der Waals surface area contributed by atoms with Crippen molar-refractivity contribution < 1.29 is 4.74 Å². The van der Waals surface area contributed by atoms with E-state index in [-0.39, 0.29) is 5.92 Å². The van der Waals surface area contributed by atoms with E-state index in [4.69, 9.17) is 10.5 Å². The maximum Gasteiger partial charge on any atom is 0.227 e. The summed E-state index contributed by atoms with van der Waals surface area (Å²) in [5.41, 5.74) is 8.03. The normalized spacial score (nSPS) is 10.9. The van der Waals surface area contributed by atoms with Crippen molar-refractivity contribution in [2.24, 2.45) is 0 Å². The fourth-order valence-corrected chi connectivity index (χ4v) is 2.01. The molecule has 0 radical (unpaired) electrons. The van der Waals surface area contributed by atoms with E-state index in [1.54, 1.807) is 0 Å². The van der Waals surface area contributed by atoms with E-state index < -0.39 is 0 Å². The Hall–Kier alpha value is -2.10. The van der Waals surface area contributed by atoms with Crippen molar-refractivity contribution in [3.63, 3.8) is 0 Å². The molecule has 0 atom stereocenters. The van der Waals surface area contributed by atoms with E-state index in [0.29, 0.717) is 17.5 Å². The number of anilines is 1. The van der Waals surface area contributed by atoms with Crippen molar-refractivity contribution >= 4 is 5.82 Å². The fraction of sp³-hybridized carbons (Fsp3) is 0.412. The molecule has 2 aromatic rings. The van der Waals surface area contributed by atoms with Gasteiger partial charge >= 0.3 is 0 Å². The average Bonchev–Trinajstić information content (AvgIpc) is 2.45. The summed E-state index contributed by atoms with van der Waals surface area (Å²) >= 11 is 0. The number of nitrogen functional groups attached to an aromatic ring is 1. The molecule has 1 heterocycles. The maximum atomic E-state index is 5.95. The van der Waals surface area contributed by atoms with Gasteiger partial charge in [-0.25, -0.2) is 4.98 Å². The summed E-state index contributed by atoms with van der Waals surface area (Å²) in [6, 6.07) is 8.11. The van der Waals surface area contributed by atoms with Crippen molar-refractivity contribution in [2.45, 2.75) is 46.5 Å². The van der Waals surface area contributed by atoms with Gasteiger partial charge in [0.1, 0.15) is 17.4 Å². The Balaban J connectivity index is 2.26. The molecule has 0 unspecified atom stereocenters. The molecule has 2 N–H and O–H groups in total. The minimum absolute atomic E-state index is 0.210. The molecule has 21 heavy (non-hydrogen) atoms. The molecule has 0 bridgehead atoms. The lowest BCUT2D eigenvalue weighted by molar-refractivity contribution is 0.453. The number of benzene rings is 1. The lowest BCUT2D eigenvalue weighted by atomic mass is 10.1. The van der Waals surface area contributed by atoms with Crippen LogP contribution in [-0.4, -0.2) is 9.97 Å². The molecule has 0 amide bonds. The van der Waals surface area contributed by atoms with Crippen LogP contribution < -0.4 is 10.5 Å². The zero-order chi connectivity index (χ0) is 15.4. The van der Waals surface area contributed by atoms with Crippen molar-refractivity contribution in [1.29, 1.82) is 0 Å². The summed E-state index contributed by atoms with van der Waals surface area (Å²) in [5, 5.41) is 0. The van der Waals surface area contributed by atoms with Crippen molar-refractivity contribution in [1.82, 2.24) is 9.97 Å². The van der Waals surface area contributed by atoms with Gasteiger partial charge in [-0.3, -0.25) is 0 Å². The van der Waals surface area contributed by atoms with Gasteiger partial charge < -0.3 is 10.5 Å². The molecule has 0 aliphatic carbocycles. The Labute approximate surface area is 126 Å². The van der Waals surface area contributed by atoms with Crippen LogP contribution in [0, 0.1) is 6.92 Å². The highest BCUT2D eigenvalue weighted by Crippen LogP contribution is 2.27. The van der Waals surface area contributed by atoms with Crippen LogP contribution >= 0.6 is 0 Å². The number of hydrogen-bond donors (Lipinski definition) is 1. The molecule has 4 heteroatoms. The van der Waals surface area contributed by atoms with Gasteiger partial charge in [0, 0.05) is 5.92 Å². The molecule has 0 fully saturated rings. The number of nitrogens with two attached hydrogens (primary N) is 1. The second-order valence-electron chi connectivity index (χ2n) is 5.55. The largest absolute Gasteiger partial charge is 0.439 e. The van der Waals surface area contributed by atoms with Crippen LogP contribution in [0.1, 0.15) is 50.1 Å². The van der Waals surface area contributed by atoms with E-state index in [0.717, 1.165) is 24.2 Å². The Morgan fingerprint density at radius 1 is 1.14 bits per heavy atom. The number of aryl methyl sites for hydroxylation is 1. The molecule has 0 saturated carbocycles. The maximum absolute atomic E-state index is 5.95. The summed E-state index contributed by atoms with van der Waals surface area (Å²) in [7, 11) is 0. The first kappa shape index (κ1) is 15.3. The molecular formula is C17H23N3O. The monoisotopic (exact) mass is 285 g/mol. The first-order valence-corrected chi connectivity index (χ1v) is 7.42. The lowest BCUT2D eigenvalue weighted by Crippen LogP contribution is -2.06. The van der Waals surface area contributed by atoms with Crippen molar-refractivity contribution in [3.05, 3.63) is 41.2 Å². The first-order chi connectivity index (χ1) is 10.0. The molecule has 1 aromatic heterocycles. The van der Waals surface area contributed by atoms with Gasteiger partial charge in [0.2, 0.25) is 5.88 Å². The lowest BCUT2D eigenvalue weighted by Gasteiger charge is -2.12. The highest BCUT2D eigenvalue weighted by atomic mass is 16.5. The third kappa shape index (κ3) is 3.72. The molecule has 1 aromatic carbocycles. The first-order valence-electron chi connectivity index (χ1n) is 7.42. The summed E-state index contributed by atoms with van der Waals surface area (Å²) in [5.74, 6) is 2.70. The SMILES string of the molecule is CCCc1ccc(Oc2nc(C(C)C)nc(N)c2C)cc1. The van der Waals surface area contributed by atoms with Crippen LogP contribution in [0.25, 0.3) is 0 Å². The number of hydrogen-bond acceptors (Lipinski definition) is 4. The highest BCUT2D eigenvalue weighted by Gasteiger charge is 2.13. The van der Waals surface area contributed by atoms with Gasteiger partial charge in [-0.05, 0) is 31.0 Å². The number of ether oxygens (including phenoxy) is 1. The molecule has 0 aliphatic rings. The van der Waals surface area contributed by atoms with Gasteiger partial charge in [0.25, 0.3) is 0 Å². The second kappa shape index (κ2) is 6.57. The predicted octanol–water partition coefficient (Wildman–Crippen LogP) is 4.24. The molecule has 0 spiro atoms. The fourth-order valence-electron chi connectivity index (χ4n) is 2.01. The van der Waals surface area contributed by atoms with Crippen LogP contribution in [0.5, 0.6) is 11.6 Å². The van der Waals surface area contributed by atoms with Crippen LogP contribution in [0.15, 0.2) is 24.3 Å². The number of aromatic nitrogens is 2. The van der Waals surface area contributed by atoms with Crippen LogP contribution in [0.3, 0.4) is 0 Å². The molecule has 112 valence electrons. The van der Waals surface area contributed by atoms with E-state index in [1.165, 1.54) is 5.56 Å². The zero-order valence-electron chi connectivity index (χ0n) is 13.2. The zero-order valence-corrected chi connectivity index (χ0v) is 13.2. The van der Waals surface area contributed by atoms with Gasteiger partial charge in [0.15, 0.2) is 0 Å². The summed E-state index contributed by atoms with van der Waals surface area (Å²) in [6.45, 7) is 8.12. The van der Waals surface area contributed by atoms with E-state index in [1.807, 2.05) is 32.9 Å². The van der Waals surface area contributed by atoms with Crippen molar-refractivity contribution in [3.8, 4) is 11.6 Å². The standard InChI is InChI=1S/C17H23N3O/c1-5-6-13-7-9-14(10-8-13)21-17-12(4)15(18)19-16(20-17)11(2)3/h7-11H,5-6H2,1-4H3,(H2,18,19,20). The van der Waals surface area contributed by atoms with Gasteiger partial charge in [-0.2, -0.15) is 4.98 Å². The van der Waals surface area contributed by atoms with Crippen LogP contribution in [-0.2, 0) is 6.42 Å². The van der Waals surface area contributed by atoms with Gasteiger partial charge in [-0.1, -0.05) is 39.3 Å². The topological polar surface area (TPSA) is 61.0 Å². The van der Waals surface area contributed by atoms with Gasteiger partial charge in [-0.15, -0.1) is 0 Å². The molecule has 0 saturated heterocycles. The third-order valence-electron chi connectivity index (χ3n) is 3.35. The molecule has 4 nitrogen and oxygen atoms in total. The van der Waals surface area contributed by atoms with Crippen LogP contribution in [0.2, 0.25) is 0 Å². The average molecular weight is 285 g/mol. The number of nitrogens with zero attached hydrogens (tertiary/aromatic N) is 2. The minimum atomic E-state index is 0.210. The van der Waals surface area contributed by atoms with E-state index in [2.05, 4.69) is 29.0 Å². The summed E-state index contributed by atoms with van der Waals surface area (Å²) in [6.07, 6.45) is 2.22. The van der Waals surface area contributed by atoms with Crippen molar-refractivity contribution in [2.75, 3.05) is 5.73 Å². The predicted molar refractivity (Wildman–Crippen MR) is 85.8 cm³/mol. The Bertz CT molecular complexity index is 606. The summed E-state index contributed by atoms with van der Waals surface area (Å²) in [4.78, 5) is 8.77. The van der Waals surface area contributed by atoms with E-state index >= 15 is 0 Å². The minimum Gasteiger partial charge on any atom is -0.439 e. The highest BCUT2D eigenvalue weighted by molar-refractivity contribution is 5.46. The molecular weight excluding hydrogens is 262 g/mol. The molecule has 2 rings (SSSR count). The quantitative estimate of drug-likeness (QED) is 0.892. The molecule has 0 aliphatic heterocycles. The smallest absolute Gasteiger partial charge is 0.227 e. The van der Waals surface area contributed by atoms with E-state index in [9.17, 15) is 0 Å². The Kier molecular flexibility index (Phi) is 4.78. The summed E-state index contributed by atoms with van der Waals surface area (Å²) < 4.78 is 5.88. The van der Waals surface area contributed by atoms with Crippen LogP contribution in [0.4, 0.5) is 5.82 Å². The Morgan fingerprint density at radius 2 is 1.81 bits per heavy atom. The third-order valence-corrected chi connectivity index (χ3v) is 3.35. The Morgan fingerprint density at radius 3 is 2.38 bits per heavy atom. The number of rotatable bonds is 5. The van der Waals surface area contributed by atoms with Gasteiger partial charge in [0.05, 0.1) is 5.56 Å². The second-order valence-corrected chi connectivity index (χ2v) is 5.55.